The van der Waals surface area contributed by atoms with Crippen LogP contribution in [0.5, 0.6) is 0 Å². The molecule has 0 spiro atoms. The molecular weight excluding hydrogens is 1030 g/mol. The topological polar surface area (TPSA) is 61.0 Å². The van der Waals surface area contributed by atoms with Crippen LogP contribution in [0.1, 0.15) is 426 Å². The van der Waals surface area contributed by atoms with Gasteiger partial charge in [-0.3, -0.25) is 0 Å². The number of nitrogens with one attached hydrogen (secondary N) is 2. The van der Waals surface area contributed by atoms with E-state index in [4.69, 9.17) is 18.9 Å². The number of hydrogen-bond acceptors (Lipinski definition) is 6. The number of unbranched alkanes of at least 4 members (excludes halogenated alkanes) is 55. The fraction of sp³-hybridized carbons (Fsp3) is 1.00. The predicted molar refractivity (Wildman–Crippen MR) is 376 cm³/mol. The molecule has 0 aromatic rings. The summed E-state index contributed by atoms with van der Waals surface area (Å²) in [5.74, 6) is 0. The molecule has 0 heterocycles. The highest BCUT2D eigenvalue weighted by atomic mass is 16.5. The molecule has 2 N–H and O–H groups in total. The summed E-state index contributed by atoms with van der Waals surface area (Å²) in [6, 6.07) is 0. The van der Waals surface area contributed by atoms with Crippen LogP contribution in [-0.2, 0) is 18.9 Å². The molecule has 0 amide bonds. The number of ether oxygens (including phenoxy) is 4. The van der Waals surface area contributed by atoms with Crippen molar-refractivity contribution in [2.24, 2.45) is 0 Å². The molecule has 0 radical (unpaired) electrons. The lowest BCUT2D eigenvalue weighted by atomic mass is 10.0. The van der Waals surface area contributed by atoms with Crippen molar-refractivity contribution in [1.82, 2.24) is 10.6 Å². The first-order valence-corrected chi connectivity index (χ1v) is 39.6. The minimum Gasteiger partial charge on any atom is -0.379 e. The highest BCUT2D eigenvalue weighted by molar-refractivity contribution is 4.64. The van der Waals surface area contributed by atoms with Crippen LogP contribution >= 0.6 is 0 Å². The molecule has 0 aliphatic rings. The lowest BCUT2D eigenvalue weighted by molar-refractivity contribution is -0.0234. The summed E-state index contributed by atoms with van der Waals surface area (Å²) in [4.78, 5) is 0. The van der Waals surface area contributed by atoms with Gasteiger partial charge >= 0.3 is 0 Å². The third kappa shape index (κ3) is 74.2. The van der Waals surface area contributed by atoms with E-state index in [9.17, 15) is 0 Å². The molecule has 0 saturated heterocycles. The van der Waals surface area contributed by atoms with Gasteiger partial charge in [-0.05, 0) is 77.4 Å². The van der Waals surface area contributed by atoms with E-state index < -0.39 is 0 Å². The van der Waals surface area contributed by atoms with Crippen LogP contribution in [-0.4, -0.2) is 78.0 Å². The Morgan fingerprint density at radius 2 is 0.417 bits per heavy atom. The van der Waals surface area contributed by atoms with Crippen LogP contribution in [0.25, 0.3) is 0 Å². The fourth-order valence-electron chi connectivity index (χ4n) is 12.4. The SMILES string of the molecule is CCCCCCCCCCCCCCCCOCC(CCCCNCCCCCNCC(COCCCCCCCCCCCCCCCC)OCCCCCCCCCCCCCCCC)OCCCCCCCCCCCCCCCC. The van der Waals surface area contributed by atoms with Crippen molar-refractivity contribution in [2.75, 3.05) is 65.8 Å². The molecule has 506 valence electrons. The summed E-state index contributed by atoms with van der Waals surface area (Å²) >= 11 is 0. The van der Waals surface area contributed by atoms with Crippen LogP contribution in [0.2, 0.25) is 0 Å². The maximum absolute atomic E-state index is 6.54. The second-order valence-electron chi connectivity index (χ2n) is 27.0. The van der Waals surface area contributed by atoms with E-state index >= 15 is 0 Å². The van der Waals surface area contributed by atoms with E-state index in [0.29, 0.717) is 0 Å². The fourth-order valence-corrected chi connectivity index (χ4v) is 12.4. The molecule has 0 aromatic carbocycles. The first kappa shape index (κ1) is 83.8. The molecule has 0 fully saturated rings. The van der Waals surface area contributed by atoms with Crippen LogP contribution in [0.15, 0.2) is 0 Å². The first-order valence-electron chi connectivity index (χ1n) is 39.6. The molecule has 6 nitrogen and oxygen atoms in total. The zero-order chi connectivity index (χ0) is 60.3. The minimum absolute atomic E-state index is 0.162. The predicted octanol–water partition coefficient (Wildman–Crippen LogP) is 25.2. The Hall–Kier alpha value is -0.240. The average Bonchev–Trinajstić information content (AvgIpc) is 3.50. The van der Waals surface area contributed by atoms with Crippen LogP contribution in [0.4, 0.5) is 0 Å². The van der Waals surface area contributed by atoms with Crippen molar-refractivity contribution >= 4 is 0 Å². The lowest BCUT2D eigenvalue weighted by Gasteiger charge is -2.19. The molecule has 2 atom stereocenters. The van der Waals surface area contributed by atoms with Gasteiger partial charge in [0.1, 0.15) is 0 Å². The second-order valence-corrected chi connectivity index (χ2v) is 27.0. The zero-order valence-electron chi connectivity index (χ0n) is 58.7. The van der Waals surface area contributed by atoms with Gasteiger partial charge in [0, 0.05) is 33.0 Å². The van der Waals surface area contributed by atoms with E-state index in [1.807, 2.05) is 0 Å². The summed E-state index contributed by atoms with van der Waals surface area (Å²) in [6.45, 7) is 18.5. The van der Waals surface area contributed by atoms with Crippen molar-refractivity contribution in [3.8, 4) is 0 Å². The van der Waals surface area contributed by atoms with Gasteiger partial charge in [0.05, 0.1) is 25.4 Å². The molecule has 6 heteroatoms. The van der Waals surface area contributed by atoms with Gasteiger partial charge in [-0.2, -0.15) is 0 Å². The molecule has 2 unspecified atom stereocenters. The Morgan fingerprint density at radius 1 is 0.202 bits per heavy atom. The van der Waals surface area contributed by atoms with Crippen LogP contribution in [0.3, 0.4) is 0 Å². The summed E-state index contributed by atoms with van der Waals surface area (Å²) in [5.41, 5.74) is 0. The number of hydrogen-bond donors (Lipinski definition) is 2. The van der Waals surface area contributed by atoms with Crippen molar-refractivity contribution in [2.45, 2.75) is 438 Å². The van der Waals surface area contributed by atoms with Gasteiger partial charge in [-0.15, -0.1) is 0 Å². The van der Waals surface area contributed by atoms with E-state index in [2.05, 4.69) is 38.3 Å². The zero-order valence-corrected chi connectivity index (χ0v) is 58.7. The van der Waals surface area contributed by atoms with Gasteiger partial charge in [0.2, 0.25) is 0 Å². The highest BCUT2D eigenvalue weighted by Crippen LogP contribution is 2.18. The van der Waals surface area contributed by atoms with E-state index in [0.717, 1.165) is 72.2 Å². The molecule has 0 bridgehead atoms. The summed E-state index contributed by atoms with van der Waals surface area (Å²) in [6.07, 6.45) is 86.0. The van der Waals surface area contributed by atoms with Gasteiger partial charge in [0.25, 0.3) is 0 Å². The van der Waals surface area contributed by atoms with Gasteiger partial charge in [0.15, 0.2) is 0 Å². The minimum atomic E-state index is 0.162. The van der Waals surface area contributed by atoms with E-state index in [-0.39, 0.29) is 12.2 Å². The quantitative estimate of drug-likeness (QED) is 0.0592. The largest absolute Gasteiger partial charge is 0.379 e. The molecule has 84 heavy (non-hydrogen) atoms. The van der Waals surface area contributed by atoms with Crippen molar-refractivity contribution in [3.05, 3.63) is 0 Å². The summed E-state index contributed by atoms with van der Waals surface area (Å²) in [7, 11) is 0. The van der Waals surface area contributed by atoms with E-state index in [1.165, 1.54) is 392 Å². The number of rotatable bonds is 79. The Bertz CT molecular complexity index is 1030. The van der Waals surface area contributed by atoms with E-state index in [1.54, 1.807) is 0 Å². The van der Waals surface area contributed by atoms with Gasteiger partial charge in [-0.25, -0.2) is 0 Å². The third-order valence-electron chi connectivity index (χ3n) is 18.3. The van der Waals surface area contributed by atoms with Crippen molar-refractivity contribution in [1.29, 1.82) is 0 Å². The molecular formula is C78H160N2O4. The molecule has 0 aromatic heterocycles. The van der Waals surface area contributed by atoms with Crippen molar-refractivity contribution < 1.29 is 18.9 Å². The van der Waals surface area contributed by atoms with Crippen LogP contribution in [0, 0.1) is 0 Å². The normalized spacial score (nSPS) is 12.6. The third-order valence-corrected chi connectivity index (χ3v) is 18.3. The molecule has 0 aliphatic carbocycles. The average molecular weight is 1190 g/mol. The van der Waals surface area contributed by atoms with Gasteiger partial charge < -0.3 is 29.6 Å². The molecule has 0 rings (SSSR count). The Balaban J connectivity index is 4.44. The smallest absolute Gasteiger partial charge is 0.0932 e. The Kier molecular flexibility index (Phi) is 78.6. The Morgan fingerprint density at radius 3 is 0.714 bits per heavy atom. The Labute approximate surface area is 530 Å². The second kappa shape index (κ2) is 78.9. The highest BCUT2D eigenvalue weighted by Gasteiger charge is 2.12. The van der Waals surface area contributed by atoms with Crippen molar-refractivity contribution in [3.63, 3.8) is 0 Å². The van der Waals surface area contributed by atoms with Gasteiger partial charge in [-0.1, -0.05) is 368 Å². The summed E-state index contributed by atoms with van der Waals surface area (Å²) < 4.78 is 25.6. The monoisotopic (exact) mass is 1190 g/mol. The lowest BCUT2D eigenvalue weighted by Crippen LogP contribution is -2.34. The first-order chi connectivity index (χ1) is 41.8. The maximum atomic E-state index is 6.54. The summed E-state index contributed by atoms with van der Waals surface area (Å²) in [5, 5.41) is 7.53. The molecule has 0 aliphatic heterocycles. The standard InChI is InChI=1S/C78H160N2O4/c1-5-9-13-17-21-25-29-33-37-41-45-49-53-62-70-81-75-77(83-72-64-55-51-47-43-39-35-31-27-23-19-15-11-7-3)66-58-61-68-79-67-59-57-60-69-80-74-78(84-73-65-56-52-48-44-40-36-32-28-24-20-16-12-8-4)76-82-71-63-54-50-46-42-38-34-30-26-22-18-14-10-6-2/h77-80H,5-76H2,1-4H3. The molecule has 0 saturated carbocycles. The maximum Gasteiger partial charge on any atom is 0.0932 e. The van der Waals surface area contributed by atoms with Crippen LogP contribution < -0.4 is 10.6 Å².